The molecule has 0 aromatic carbocycles. The molecule has 2 atom stereocenters. The second kappa shape index (κ2) is 3.27. The Labute approximate surface area is 86.4 Å². The van der Waals surface area contributed by atoms with Gasteiger partial charge < -0.3 is 5.32 Å². The highest BCUT2D eigenvalue weighted by atomic mass is 15.2. The highest BCUT2D eigenvalue weighted by Gasteiger charge is 2.38. The molecule has 2 unspecified atom stereocenters. The van der Waals surface area contributed by atoms with E-state index in [0.717, 1.165) is 12.0 Å². The van der Waals surface area contributed by atoms with Crippen LogP contribution in [0.4, 0.5) is 0 Å². The zero-order chi connectivity index (χ0) is 9.54. The first-order valence-electron chi connectivity index (χ1n) is 6.04. The molecule has 2 fully saturated rings. The summed E-state index contributed by atoms with van der Waals surface area (Å²) in [5.41, 5.74) is 3.21. The first-order chi connectivity index (χ1) is 6.86. The largest absolute Gasteiger partial charge is 0.388 e. The van der Waals surface area contributed by atoms with E-state index in [1.807, 2.05) is 0 Å². The molecule has 0 bridgehead atoms. The summed E-state index contributed by atoms with van der Waals surface area (Å²) in [4.78, 5) is 2.73. The Morgan fingerprint density at radius 1 is 1.29 bits per heavy atom. The van der Waals surface area contributed by atoms with Crippen LogP contribution in [0.15, 0.2) is 11.3 Å². The molecule has 14 heavy (non-hydrogen) atoms. The van der Waals surface area contributed by atoms with Crippen LogP contribution in [0, 0.1) is 5.92 Å². The third kappa shape index (κ3) is 1.20. The molecule has 78 valence electrons. The topological polar surface area (TPSA) is 15.3 Å². The van der Waals surface area contributed by atoms with Crippen LogP contribution >= 0.6 is 0 Å². The van der Waals surface area contributed by atoms with Crippen molar-refractivity contribution in [3.8, 4) is 0 Å². The van der Waals surface area contributed by atoms with Crippen LogP contribution in [0.25, 0.3) is 0 Å². The van der Waals surface area contributed by atoms with Gasteiger partial charge in [0.2, 0.25) is 0 Å². The quantitative estimate of drug-likeness (QED) is 0.629. The second-order valence-electron chi connectivity index (χ2n) is 5.02. The van der Waals surface area contributed by atoms with Gasteiger partial charge in [0.1, 0.15) is 0 Å². The van der Waals surface area contributed by atoms with E-state index in [9.17, 15) is 0 Å². The lowest BCUT2D eigenvalue weighted by atomic mass is 9.77. The molecule has 2 heteroatoms. The fraction of sp³-hybridized carbons (Fsp3) is 0.833. The van der Waals surface area contributed by atoms with E-state index in [2.05, 4.69) is 17.1 Å². The standard InChI is InChI=1S/C12H20N2/c1-9-11-5-3-7-14-6-2-4-10(8-13-9)12(11)14/h10,12-13H,2-8H2,1H3. The summed E-state index contributed by atoms with van der Waals surface area (Å²) in [5.74, 6) is 0.905. The van der Waals surface area contributed by atoms with Crippen molar-refractivity contribution < 1.29 is 0 Å². The van der Waals surface area contributed by atoms with Crippen LogP contribution in [0.2, 0.25) is 0 Å². The monoisotopic (exact) mass is 192 g/mol. The number of hydrogen-bond acceptors (Lipinski definition) is 2. The van der Waals surface area contributed by atoms with Gasteiger partial charge in [-0.05, 0) is 57.2 Å². The molecule has 3 rings (SSSR count). The average Bonchev–Trinajstić information content (AvgIpc) is 2.24. The van der Waals surface area contributed by atoms with Gasteiger partial charge in [-0.15, -0.1) is 0 Å². The van der Waals surface area contributed by atoms with E-state index in [0.29, 0.717) is 0 Å². The van der Waals surface area contributed by atoms with Crippen LogP contribution in [0.5, 0.6) is 0 Å². The molecule has 1 N–H and O–H groups in total. The van der Waals surface area contributed by atoms with Gasteiger partial charge in [-0.3, -0.25) is 4.90 Å². The Morgan fingerprint density at radius 3 is 3.07 bits per heavy atom. The molecule has 0 aromatic rings. The molecule has 3 aliphatic heterocycles. The molecule has 0 spiro atoms. The Balaban J connectivity index is 1.96. The van der Waals surface area contributed by atoms with Crippen LogP contribution in [-0.4, -0.2) is 30.6 Å². The Kier molecular flexibility index (Phi) is 2.05. The first-order valence-corrected chi connectivity index (χ1v) is 6.04. The summed E-state index contributed by atoms with van der Waals surface area (Å²) >= 11 is 0. The van der Waals surface area contributed by atoms with Crippen molar-refractivity contribution >= 4 is 0 Å². The number of nitrogens with one attached hydrogen (secondary N) is 1. The third-order valence-corrected chi connectivity index (χ3v) is 4.22. The van der Waals surface area contributed by atoms with Gasteiger partial charge in [0.05, 0.1) is 0 Å². The van der Waals surface area contributed by atoms with E-state index in [4.69, 9.17) is 0 Å². The van der Waals surface area contributed by atoms with E-state index < -0.39 is 0 Å². The maximum atomic E-state index is 3.59. The van der Waals surface area contributed by atoms with Gasteiger partial charge in [-0.1, -0.05) is 0 Å². The maximum Gasteiger partial charge on any atom is 0.0372 e. The summed E-state index contributed by atoms with van der Waals surface area (Å²) in [6.45, 7) is 6.18. The summed E-state index contributed by atoms with van der Waals surface area (Å²) in [7, 11) is 0. The van der Waals surface area contributed by atoms with Crippen molar-refractivity contribution in [2.45, 2.75) is 38.6 Å². The molecule has 0 saturated carbocycles. The second-order valence-corrected chi connectivity index (χ2v) is 5.02. The average molecular weight is 192 g/mol. The van der Waals surface area contributed by atoms with E-state index >= 15 is 0 Å². The maximum absolute atomic E-state index is 3.59. The van der Waals surface area contributed by atoms with Crippen LogP contribution in [0.1, 0.15) is 32.6 Å². The predicted molar refractivity (Wildman–Crippen MR) is 58.0 cm³/mol. The molecule has 0 aromatic heterocycles. The molecular formula is C12H20N2. The number of piperidine rings is 2. The lowest BCUT2D eigenvalue weighted by Crippen LogP contribution is -2.54. The van der Waals surface area contributed by atoms with Gasteiger partial charge >= 0.3 is 0 Å². The van der Waals surface area contributed by atoms with Crippen molar-refractivity contribution in [3.63, 3.8) is 0 Å². The lowest BCUT2D eigenvalue weighted by Gasteiger charge is -2.49. The van der Waals surface area contributed by atoms with Crippen molar-refractivity contribution in [1.82, 2.24) is 10.2 Å². The van der Waals surface area contributed by atoms with E-state index in [-0.39, 0.29) is 0 Å². The molecule has 3 heterocycles. The minimum atomic E-state index is 0.818. The predicted octanol–water partition coefficient (Wildman–Crippen LogP) is 1.74. The highest BCUT2D eigenvalue weighted by Crippen LogP contribution is 2.37. The SMILES string of the molecule is CC1=C2CCCN3CCCC(CN1)C23. The molecule has 0 amide bonds. The van der Waals surface area contributed by atoms with Gasteiger partial charge in [0, 0.05) is 18.3 Å². The van der Waals surface area contributed by atoms with Crippen molar-refractivity contribution in [3.05, 3.63) is 11.3 Å². The van der Waals surface area contributed by atoms with Crippen LogP contribution in [0.3, 0.4) is 0 Å². The van der Waals surface area contributed by atoms with Crippen LogP contribution < -0.4 is 5.32 Å². The molecule has 3 aliphatic rings. The molecule has 0 aliphatic carbocycles. The Hall–Kier alpha value is -0.500. The van der Waals surface area contributed by atoms with E-state index in [1.165, 1.54) is 51.0 Å². The molecular weight excluding hydrogens is 172 g/mol. The van der Waals surface area contributed by atoms with Gasteiger partial charge in [-0.25, -0.2) is 0 Å². The highest BCUT2D eigenvalue weighted by molar-refractivity contribution is 5.25. The zero-order valence-electron chi connectivity index (χ0n) is 9.05. The normalized spacial score (nSPS) is 37.8. The molecule has 2 saturated heterocycles. The zero-order valence-corrected chi connectivity index (χ0v) is 9.05. The van der Waals surface area contributed by atoms with Crippen molar-refractivity contribution in [1.29, 1.82) is 0 Å². The number of nitrogens with zero attached hydrogens (tertiary/aromatic N) is 1. The summed E-state index contributed by atoms with van der Waals surface area (Å²) in [6, 6.07) is 0.818. The summed E-state index contributed by atoms with van der Waals surface area (Å²) in [5, 5.41) is 3.59. The first kappa shape index (κ1) is 8.78. The smallest absolute Gasteiger partial charge is 0.0372 e. The summed E-state index contributed by atoms with van der Waals surface area (Å²) < 4.78 is 0. The number of rotatable bonds is 0. The van der Waals surface area contributed by atoms with Crippen molar-refractivity contribution in [2.75, 3.05) is 19.6 Å². The summed E-state index contributed by atoms with van der Waals surface area (Å²) in [6.07, 6.45) is 5.56. The minimum absolute atomic E-state index is 0.818. The fourth-order valence-corrected chi connectivity index (χ4v) is 3.55. The molecule has 2 nitrogen and oxygen atoms in total. The van der Waals surface area contributed by atoms with Crippen LogP contribution in [-0.2, 0) is 0 Å². The number of hydrogen-bond donors (Lipinski definition) is 1. The van der Waals surface area contributed by atoms with Gasteiger partial charge in [0.15, 0.2) is 0 Å². The van der Waals surface area contributed by atoms with Crippen molar-refractivity contribution in [2.24, 2.45) is 5.92 Å². The third-order valence-electron chi connectivity index (χ3n) is 4.22. The Bertz CT molecular complexity index is 267. The fourth-order valence-electron chi connectivity index (χ4n) is 3.55. The Morgan fingerprint density at radius 2 is 2.14 bits per heavy atom. The lowest BCUT2D eigenvalue weighted by molar-refractivity contribution is 0.0871. The van der Waals surface area contributed by atoms with Gasteiger partial charge in [-0.2, -0.15) is 0 Å². The van der Waals surface area contributed by atoms with Gasteiger partial charge in [0.25, 0.3) is 0 Å². The number of allylic oxidation sites excluding steroid dienone is 1. The van der Waals surface area contributed by atoms with E-state index in [1.54, 1.807) is 5.57 Å². The minimum Gasteiger partial charge on any atom is -0.388 e. The molecule has 0 radical (unpaired) electrons.